The van der Waals surface area contributed by atoms with Gasteiger partial charge in [-0.15, -0.1) is 0 Å². The molecule has 0 aliphatic heterocycles. The minimum atomic E-state index is 0.596. The Morgan fingerprint density at radius 3 is 2.69 bits per heavy atom. The first kappa shape index (κ1) is 11.0. The van der Waals surface area contributed by atoms with Crippen molar-refractivity contribution in [3.05, 3.63) is 33.9 Å². The van der Waals surface area contributed by atoms with Crippen LogP contribution in [0.4, 0.5) is 0 Å². The lowest BCUT2D eigenvalue weighted by molar-refractivity contribution is 0.761. The second-order valence-corrected chi connectivity index (χ2v) is 4.18. The third-order valence-electron chi connectivity index (χ3n) is 2.38. The van der Waals surface area contributed by atoms with E-state index >= 15 is 0 Å². The van der Waals surface area contributed by atoms with Gasteiger partial charge in [0.05, 0.1) is 5.69 Å². The SMILES string of the molecule is CCc1cc(=S)nc(-n2nc(C)cc2C)[nH]1. The van der Waals surface area contributed by atoms with Crippen molar-refractivity contribution in [2.75, 3.05) is 0 Å². The van der Waals surface area contributed by atoms with Gasteiger partial charge in [0.1, 0.15) is 4.64 Å². The van der Waals surface area contributed by atoms with Crippen LogP contribution in [-0.4, -0.2) is 19.7 Å². The number of aromatic amines is 1. The van der Waals surface area contributed by atoms with Crippen molar-refractivity contribution >= 4 is 12.2 Å². The topological polar surface area (TPSA) is 46.5 Å². The quantitative estimate of drug-likeness (QED) is 0.812. The molecule has 0 spiro atoms. The number of hydrogen-bond donors (Lipinski definition) is 1. The molecule has 0 aliphatic carbocycles. The zero-order valence-electron chi connectivity index (χ0n) is 9.61. The Kier molecular flexibility index (Phi) is 2.87. The van der Waals surface area contributed by atoms with Gasteiger partial charge in [-0.3, -0.25) is 0 Å². The maximum atomic E-state index is 5.13. The molecule has 4 nitrogen and oxygen atoms in total. The highest BCUT2D eigenvalue weighted by Gasteiger charge is 2.06. The molecule has 0 aromatic carbocycles. The van der Waals surface area contributed by atoms with Crippen LogP contribution >= 0.6 is 12.2 Å². The van der Waals surface area contributed by atoms with E-state index in [1.165, 1.54) is 0 Å². The summed E-state index contributed by atoms with van der Waals surface area (Å²) in [5, 5.41) is 4.37. The number of nitrogens with one attached hydrogen (secondary N) is 1. The van der Waals surface area contributed by atoms with Gasteiger partial charge in [-0.1, -0.05) is 19.1 Å². The monoisotopic (exact) mass is 234 g/mol. The molecule has 0 saturated carbocycles. The van der Waals surface area contributed by atoms with Gasteiger partial charge in [-0.2, -0.15) is 5.10 Å². The van der Waals surface area contributed by atoms with Gasteiger partial charge < -0.3 is 4.98 Å². The molecular formula is C11H14N4S. The van der Waals surface area contributed by atoms with Gasteiger partial charge in [-0.05, 0) is 32.4 Å². The van der Waals surface area contributed by atoms with Crippen LogP contribution in [0.5, 0.6) is 0 Å². The average molecular weight is 234 g/mol. The minimum absolute atomic E-state index is 0.596. The molecular weight excluding hydrogens is 220 g/mol. The summed E-state index contributed by atoms with van der Waals surface area (Å²) < 4.78 is 2.38. The number of hydrogen-bond acceptors (Lipinski definition) is 3. The zero-order valence-corrected chi connectivity index (χ0v) is 10.4. The molecule has 2 aromatic heterocycles. The normalized spacial score (nSPS) is 10.7. The molecule has 16 heavy (non-hydrogen) atoms. The van der Waals surface area contributed by atoms with Gasteiger partial charge in [0.2, 0.25) is 5.95 Å². The highest BCUT2D eigenvalue weighted by Crippen LogP contribution is 2.08. The summed E-state index contributed by atoms with van der Waals surface area (Å²) in [6, 6.07) is 3.89. The lowest BCUT2D eigenvalue weighted by Gasteiger charge is -2.05. The van der Waals surface area contributed by atoms with Crippen molar-refractivity contribution in [1.29, 1.82) is 0 Å². The molecule has 5 heteroatoms. The van der Waals surface area contributed by atoms with Gasteiger partial charge >= 0.3 is 0 Å². The molecule has 0 bridgehead atoms. The van der Waals surface area contributed by atoms with Crippen LogP contribution in [0, 0.1) is 18.5 Å². The number of aromatic nitrogens is 4. The second-order valence-electron chi connectivity index (χ2n) is 3.76. The first-order valence-corrected chi connectivity index (χ1v) is 5.65. The fourth-order valence-corrected chi connectivity index (χ4v) is 1.86. The summed E-state index contributed by atoms with van der Waals surface area (Å²) in [5.74, 6) is 0.690. The van der Waals surface area contributed by atoms with Crippen LogP contribution in [0.1, 0.15) is 24.0 Å². The Hall–Kier alpha value is -1.49. The summed E-state index contributed by atoms with van der Waals surface area (Å²) in [6.45, 7) is 6.03. The van der Waals surface area contributed by atoms with Crippen molar-refractivity contribution < 1.29 is 0 Å². The Balaban J connectivity index is 2.59. The highest BCUT2D eigenvalue weighted by molar-refractivity contribution is 7.71. The van der Waals surface area contributed by atoms with Crippen LogP contribution in [0.25, 0.3) is 5.95 Å². The van der Waals surface area contributed by atoms with E-state index in [2.05, 4.69) is 22.0 Å². The van der Waals surface area contributed by atoms with Crippen molar-refractivity contribution in [2.45, 2.75) is 27.2 Å². The number of rotatable bonds is 2. The zero-order chi connectivity index (χ0) is 11.7. The molecule has 0 atom stereocenters. The van der Waals surface area contributed by atoms with Crippen LogP contribution < -0.4 is 0 Å². The summed E-state index contributed by atoms with van der Waals surface area (Å²) in [7, 11) is 0. The molecule has 0 fully saturated rings. The third kappa shape index (κ3) is 2.04. The van der Waals surface area contributed by atoms with Crippen LogP contribution in [0.15, 0.2) is 12.1 Å². The van der Waals surface area contributed by atoms with Crippen LogP contribution in [0.3, 0.4) is 0 Å². The molecule has 0 aliphatic rings. The molecule has 0 saturated heterocycles. The smallest absolute Gasteiger partial charge is 0.229 e. The van der Waals surface area contributed by atoms with Crippen molar-refractivity contribution in [3.63, 3.8) is 0 Å². The average Bonchev–Trinajstić information content (AvgIpc) is 2.57. The number of aryl methyl sites for hydroxylation is 3. The van der Waals surface area contributed by atoms with Gasteiger partial charge in [0.25, 0.3) is 0 Å². The summed E-state index contributed by atoms with van der Waals surface area (Å²) >= 11 is 5.13. The lowest BCUT2D eigenvalue weighted by atomic mass is 10.3. The van der Waals surface area contributed by atoms with Crippen LogP contribution in [-0.2, 0) is 6.42 Å². The van der Waals surface area contributed by atoms with Crippen molar-refractivity contribution in [3.8, 4) is 5.95 Å². The molecule has 0 unspecified atom stereocenters. The predicted octanol–water partition coefficient (Wildman–Crippen LogP) is 2.50. The molecule has 0 radical (unpaired) electrons. The largest absolute Gasteiger partial charge is 0.328 e. The van der Waals surface area contributed by atoms with E-state index in [0.29, 0.717) is 10.6 Å². The fraction of sp³-hybridized carbons (Fsp3) is 0.364. The third-order valence-corrected chi connectivity index (χ3v) is 2.59. The maximum Gasteiger partial charge on any atom is 0.229 e. The molecule has 84 valence electrons. The van der Waals surface area contributed by atoms with Gasteiger partial charge in [0.15, 0.2) is 0 Å². The Labute approximate surface area is 99.4 Å². The van der Waals surface area contributed by atoms with Crippen LogP contribution in [0.2, 0.25) is 0 Å². The van der Waals surface area contributed by atoms with Gasteiger partial charge in [0, 0.05) is 11.4 Å². The molecule has 2 rings (SSSR count). The first-order chi connectivity index (χ1) is 7.60. The van der Waals surface area contributed by atoms with E-state index in [4.69, 9.17) is 12.2 Å². The Morgan fingerprint density at radius 1 is 1.38 bits per heavy atom. The number of H-pyrrole nitrogens is 1. The van der Waals surface area contributed by atoms with E-state index in [9.17, 15) is 0 Å². The summed E-state index contributed by atoms with van der Waals surface area (Å²) in [6.07, 6.45) is 0.901. The second kappa shape index (κ2) is 4.17. The maximum absolute atomic E-state index is 5.13. The molecule has 2 heterocycles. The van der Waals surface area contributed by atoms with E-state index in [1.807, 2.05) is 26.0 Å². The summed E-state index contributed by atoms with van der Waals surface area (Å²) in [4.78, 5) is 7.51. The number of nitrogens with zero attached hydrogens (tertiary/aromatic N) is 3. The summed E-state index contributed by atoms with van der Waals surface area (Å²) in [5.41, 5.74) is 3.09. The standard InChI is InChI=1S/C11H14N4S/c1-4-9-6-10(16)13-11(12-9)15-8(3)5-7(2)14-15/h5-6H,4H2,1-3H3,(H,12,13,16). The Bertz CT molecular complexity index is 568. The fourth-order valence-electron chi connectivity index (χ4n) is 1.63. The minimum Gasteiger partial charge on any atom is -0.328 e. The highest BCUT2D eigenvalue weighted by atomic mass is 32.1. The first-order valence-electron chi connectivity index (χ1n) is 5.24. The van der Waals surface area contributed by atoms with E-state index in [-0.39, 0.29) is 0 Å². The molecule has 2 aromatic rings. The lowest BCUT2D eigenvalue weighted by Crippen LogP contribution is -2.06. The van der Waals surface area contributed by atoms with E-state index in [0.717, 1.165) is 23.5 Å². The van der Waals surface area contributed by atoms with E-state index in [1.54, 1.807) is 4.68 Å². The Morgan fingerprint density at radius 2 is 2.12 bits per heavy atom. The van der Waals surface area contributed by atoms with Crippen molar-refractivity contribution in [1.82, 2.24) is 19.7 Å². The van der Waals surface area contributed by atoms with E-state index < -0.39 is 0 Å². The molecule has 0 amide bonds. The van der Waals surface area contributed by atoms with Crippen molar-refractivity contribution in [2.24, 2.45) is 0 Å². The molecule has 1 N–H and O–H groups in total. The van der Waals surface area contributed by atoms with Gasteiger partial charge in [-0.25, -0.2) is 9.67 Å². The predicted molar refractivity (Wildman–Crippen MR) is 65.4 cm³/mol.